The van der Waals surface area contributed by atoms with Gasteiger partial charge in [0, 0.05) is 55.8 Å². The van der Waals surface area contributed by atoms with Crippen molar-refractivity contribution < 1.29 is 44.2 Å². The van der Waals surface area contributed by atoms with Gasteiger partial charge in [0.05, 0.1) is 19.4 Å². The fraction of sp³-hybridized carbons (Fsp3) is 0.103. The number of anilines is 2. The van der Waals surface area contributed by atoms with Gasteiger partial charge >= 0.3 is 29.6 Å². The maximum absolute atomic E-state index is 13.2. The molecule has 0 spiro atoms. The quantitative estimate of drug-likeness (QED) is 0.263. The van der Waals surface area contributed by atoms with Gasteiger partial charge in [0.1, 0.15) is 17.3 Å². The number of fused-ring (bicyclic) bond motifs is 2. The van der Waals surface area contributed by atoms with Crippen LogP contribution < -0.4 is 45.3 Å². The molecule has 0 saturated carbocycles. The van der Waals surface area contributed by atoms with Crippen LogP contribution in [0.25, 0.3) is 43.2 Å². The molecule has 6 rings (SSSR count). The normalized spacial score (nSPS) is 10.8. The van der Waals surface area contributed by atoms with Crippen LogP contribution in [0, 0.1) is 0 Å². The fourth-order valence-corrected chi connectivity index (χ4v) is 6.69. The molecule has 6 aromatic rings. The van der Waals surface area contributed by atoms with Crippen LogP contribution in [0.2, 0.25) is 0 Å². The molecule has 0 fully saturated rings. The van der Waals surface area contributed by atoms with Crippen LogP contribution in [0.5, 0.6) is 5.75 Å². The largest absolute Gasteiger partial charge is 1.00 e. The molecule has 0 atom stereocenters. The number of benzene rings is 2. The Hall–Kier alpha value is -3.12. The van der Waals surface area contributed by atoms with Crippen molar-refractivity contribution in [3.05, 3.63) is 82.1 Å². The molecule has 0 saturated heterocycles. The Morgan fingerprint density at radius 1 is 1.10 bits per heavy atom. The van der Waals surface area contributed by atoms with E-state index in [0.717, 1.165) is 48.1 Å². The molecule has 198 valence electrons. The molecule has 1 amide bonds. The monoisotopic (exact) mass is 578 g/mol. The summed E-state index contributed by atoms with van der Waals surface area (Å²) >= 11 is 3.10. The molecule has 4 N–H and O–H groups in total. The number of aliphatic hydroxyl groups excluding tert-OH is 1. The number of nitrogens with zero attached hydrogens (tertiary/aromatic N) is 2. The molecular formula is C29H28BN4NaO3S2. The van der Waals surface area contributed by atoms with E-state index in [2.05, 4.69) is 15.7 Å². The summed E-state index contributed by atoms with van der Waals surface area (Å²) in [4.78, 5) is 18.5. The molecule has 40 heavy (non-hydrogen) atoms. The average molecular weight is 579 g/mol. The minimum Gasteiger partial charge on any atom is -0.495 e. The number of methoxy groups -OCH3 is 1. The molecule has 11 heteroatoms. The van der Waals surface area contributed by atoms with Crippen molar-refractivity contribution >= 4 is 69.5 Å². The Kier molecular flexibility index (Phi) is 9.09. The molecule has 0 bridgehead atoms. The van der Waals surface area contributed by atoms with Crippen LogP contribution in [0.3, 0.4) is 0 Å². The van der Waals surface area contributed by atoms with Crippen molar-refractivity contribution in [3.63, 3.8) is 0 Å². The van der Waals surface area contributed by atoms with Crippen LogP contribution >= 0.6 is 22.7 Å². The van der Waals surface area contributed by atoms with Crippen LogP contribution in [-0.2, 0) is 13.7 Å². The van der Waals surface area contributed by atoms with Gasteiger partial charge in [-0.1, -0.05) is 32.7 Å². The Balaban J connectivity index is 0.00000185. The number of thiophene rings is 2. The minimum absolute atomic E-state index is 0. The van der Waals surface area contributed by atoms with Gasteiger partial charge in [-0.2, -0.15) is 0 Å². The molecule has 0 radical (unpaired) electrons. The van der Waals surface area contributed by atoms with Gasteiger partial charge in [0.25, 0.3) is 5.91 Å². The van der Waals surface area contributed by atoms with E-state index in [-0.39, 0.29) is 50.5 Å². The molecular weight excluding hydrogens is 550 g/mol. The molecule has 0 unspecified atom stereocenters. The summed E-state index contributed by atoms with van der Waals surface area (Å²) < 4.78 is 8.56. The van der Waals surface area contributed by atoms with Gasteiger partial charge in [-0.15, -0.1) is 22.7 Å². The summed E-state index contributed by atoms with van der Waals surface area (Å²) in [5, 5.41) is 18.7. The number of hydrogen-bond donors (Lipinski definition) is 3. The zero-order valence-corrected chi connectivity index (χ0v) is 25.3. The first-order valence-electron chi connectivity index (χ1n) is 11.9. The number of nitrogens with two attached hydrogens (primary N) is 1. The van der Waals surface area contributed by atoms with Crippen molar-refractivity contribution in [2.75, 3.05) is 18.2 Å². The third-order valence-electron chi connectivity index (χ3n) is 6.75. The number of aliphatic hydroxyl groups is 1. The van der Waals surface area contributed by atoms with E-state index < -0.39 is 0 Å². The average Bonchev–Trinajstić information content (AvgIpc) is 3.67. The number of nitrogen functional groups attached to an aromatic ring is 1. The van der Waals surface area contributed by atoms with Crippen LogP contribution in [0.15, 0.2) is 71.6 Å². The Bertz CT molecular complexity index is 1850. The summed E-state index contributed by atoms with van der Waals surface area (Å²) in [7, 11) is 3.46. The first-order valence-corrected chi connectivity index (χ1v) is 13.6. The molecule has 0 aliphatic carbocycles. The number of para-hydroxylation sites is 1. The fourth-order valence-electron chi connectivity index (χ4n) is 4.83. The van der Waals surface area contributed by atoms with Crippen LogP contribution in [0.4, 0.5) is 11.5 Å². The minimum atomic E-state index is -0.218. The van der Waals surface area contributed by atoms with Crippen molar-refractivity contribution in [2.24, 2.45) is 7.05 Å². The summed E-state index contributed by atoms with van der Waals surface area (Å²) in [6.45, 7) is -0.0275. The zero-order valence-electron chi connectivity index (χ0n) is 21.7. The molecule has 0 aliphatic rings. The zero-order chi connectivity index (χ0) is 26.4. The number of rotatable bonds is 6. The summed E-state index contributed by atoms with van der Waals surface area (Å²) in [6, 6.07) is 17.4. The predicted octanol–water partition coefficient (Wildman–Crippen LogP) is 2.07. The van der Waals surface area contributed by atoms with E-state index in [1.165, 1.54) is 11.3 Å². The topological polar surface area (TPSA) is 102 Å². The predicted molar refractivity (Wildman–Crippen MR) is 167 cm³/mol. The molecule has 4 heterocycles. The van der Waals surface area contributed by atoms with E-state index in [1.54, 1.807) is 24.6 Å². The van der Waals surface area contributed by atoms with E-state index in [0.29, 0.717) is 22.9 Å². The number of carbonyl (C=O) groups excluding carboxylic acids is 1. The number of amides is 1. The first-order chi connectivity index (χ1) is 18.5. The standard InChI is InChI=1S/C29H24N4O3S2.BH4.Na/c1-33-22-6-4-3-5-17(22)11-23(33)29(35)32-21-8-7-16(12-24(21)36-2)20-15-38-27-19(13-31-28(30)26(20)27)18-9-10-37-25(18)14-34;;/h3-13,15,34H,14H2,1-2H3,(H2,30,31)(H,32,35);1H4;/q;-1;+1. The van der Waals surface area contributed by atoms with Gasteiger partial charge in [0.2, 0.25) is 0 Å². The maximum Gasteiger partial charge on any atom is 1.00 e. The van der Waals surface area contributed by atoms with Gasteiger partial charge < -0.3 is 25.5 Å². The first kappa shape index (κ1) is 29.9. The third kappa shape index (κ3) is 5.07. The van der Waals surface area contributed by atoms with E-state index >= 15 is 0 Å². The third-order valence-corrected chi connectivity index (χ3v) is 8.67. The SMILES string of the molecule is COc1cc(-c2csc3c(-c4ccsc4CO)cnc(N)c23)ccc1NC(=O)c1cc2ccccc2n1C.[BH4-].[Na+]. The number of nitrogens with one attached hydrogen (secondary N) is 1. The Morgan fingerprint density at radius 2 is 1.90 bits per heavy atom. The van der Waals surface area contributed by atoms with Gasteiger partial charge in [-0.25, -0.2) is 4.98 Å². The number of hydrogen-bond acceptors (Lipinski definition) is 7. The second-order valence-corrected chi connectivity index (χ2v) is 10.7. The molecule has 0 aliphatic heterocycles. The summed E-state index contributed by atoms with van der Waals surface area (Å²) in [6.07, 6.45) is 1.77. The number of carbonyl (C=O) groups is 1. The molecule has 4 aromatic heterocycles. The second-order valence-electron chi connectivity index (χ2n) is 8.84. The number of aryl methyl sites for hydroxylation is 1. The smallest absolute Gasteiger partial charge is 0.495 e. The number of pyridine rings is 1. The van der Waals surface area contributed by atoms with Crippen molar-refractivity contribution in [3.8, 4) is 28.0 Å². The number of ether oxygens (including phenoxy) is 1. The van der Waals surface area contributed by atoms with E-state index in [9.17, 15) is 9.90 Å². The van der Waals surface area contributed by atoms with Crippen molar-refractivity contribution in [2.45, 2.75) is 6.61 Å². The molecule has 7 nitrogen and oxygen atoms in total. The van der Waals surface area contributed by atoms with Gasteiger partial charge in [0.15, 0.2) is 0 Å². The van der Waals surface area contributed by atoms with E-state index in [1.807, 2.05) is 71.6 Å². The second kappa shape index (κ2) is 12.2. The summed E-state index contributed by atoms with van der Waals surface area (Å²) in [5.41, 5.74) is 12.2. The van der Waals surface area contributed by atoms with Gasteiger partial charge in [-0.05, 0) is 46.7 Å². The van der Waals surface area contributed by atoms with Crippen molar-refractivity contribution in [1.82, 2.24) is 9.55 Å². The van der Waals surface area contributed by atoms with Crippen LogP contribution in [-0.4, -0.2) is 36.1 Å². The Labute approximate surface area is 263 Å². The Morgan fingerprint density at radius 3 is 2.65 bits per heavy atom. The number of aromatic nitrogens is 2. The van der Waals surface area contributed by atoms with Crippen LogP contribution in [0.1, 0.15) is 15.4 Å². The maximum atomic E-state index is 13.2. The summed E-state index contributed by atoms with van der Waals surface area (Å²) in [5.74, 6) is 0.759. The van der Waals surface area contributed by atoms with Gasteiger partial charge in [-0.3, -0.25) is 4.79 Å². The van der Waals surface area contributed by atoms with Crippen molar-refractivity contribution in [1.29, 1.82) is 0 Å². The molecule has 2 aromatic carbocycles. The van der Waals surface area contributed by atoms with E-state index in [4.69, 9.17) is 10.5 Å².